The van der Waals surface area contributed by atoms with Gasteiger partial charge in [0, 0.05) is 9.35 Å². The van der Waals surface area contributed by atoms with Gasteiger partial charge in [0.1, 0.15) is 0 Å². The quantitative estimate of drug-likeness (QED) is 0.896. The largest absolute Gasteiger partial charge is 0.478 e. The maximum atomic E-state index is 10.8. The van der Waals surface area contributed by atoms with Crippen molar-refractivity contribution < 1.29 is 9.90 Å². The van der Waals surface area contributed by atoms with Crippen molar-refractivity contribution in [2.75, 3.05) is 5.32 Å². The van der Waals surface area contributed by atoms with Crippen molar-refractivity contribution in [3.8, 4) is 0 Å². The Morgan fingerprint density at radius 3 is 2.67 bits per heavy atom. The zero-order valence-corrected chi connectivity index (χ0v) is 12.2. The lowest BCUT2D eigenvalue weighted by atomic mass is 10.2. The predicted molar refractivity (Wildman–Crippen MR) is 76.0 cm³/mol. The first kappa shape index (κ1) is 13.0. The number of benzene rings is 1. The number of thiazole rings is 1. The number of aryl methyl sites for hydroxylation is 2. The van der Waals surface area contributed by atoms with Crippen LogP contribution in [0.1, 0.15) is 20.9 Å². The summed E-state index contributed by atoms with van der Waals surface area (Å²) < 4.78 is 0.702. The predicted octanol–water partition coefficient (Wildman–Crippen LogP) is 3.96. The van der Waals surface area contributed by atoms with Crippen molar-refractivity contribution in [2.45, 2.75) is 13.8 Å². The summed E-state index contributed by atoms with van der Waals surface area (Å²) in [5, 5.41) is 12.8. The van der Waals surface area contributed by atoms with E-state index in [0.29, 0.717) is 4.47 Å². The summed E-state index contributed by atoms with van der Waals surface area (Å²) in [6, 6.07) is 4.85. The molecule has 4 nitrogen and oxygen atoms in total. The summed E-state index contributed by atoms with van der Waals surface area (Å²) >= 11 is 4.92. The highest BCUT2D eigenvalue weighted by Crippen LogP contribution is 2.30. The van der Waals surface area contributed by atoms with Gasteiger partial charge in [0.25, 0.3) is 0 Å². The Morgan fingerprint density at radius 2 is 2.17 bits per heavy atom. The monoisotopic (exact) mass is 326 g/mol. The minimum Gasteiger partial charge on any atom is -0.478 e. The third-order valence-electron chi connectivity index (χ3n) is 2.49. The van der Waals surface area contributed by atoms with Gasteiger partial charge < -0.3 is 10.4 Å². The second-order valence-electron chi connectivity index (χ2n) is 3.79. The molecule has 18 heavy (non-hydrogen) atoms. The van der Waals surface area contributed by atoms with Gasteiger partial charge in [0.15, 0.2) is 5.13 Å². The number of hydrogen-bond donors (Lipinski definition) is 2. The second kappa shape index (κ2) is 5.07. The molecule has 2 N–H and O–H groups in total. The zero-order valence-electron chi connectivity index (χ0n) is 9.82. The Morgan fingerprint density at radius 1 is 1.44 bits per heavy atom. The van der Waals surface area contributed by atoms with Crippen LogP contribution in [0, 0.1) is 13.8 Å². The van der Waals surface area contributed by atoms with Crippen molar-refractivity contribution in [1.29, 1.82) is 0 Å². The van der Waals surface area contributed by atoms with Crippen molar-refractivity contribution in [3.05, 3.63) is 38.8 Å². The molecular weight excluding hydrogens is 316 g/mol. The molecule has 2 aromatic rings. The average molecular weight is 327 g/mol. The number of carboxylic acids is 1. The first-order valence-electron chi connectivity index (χ1n) is 5.21. The number of halogens is 1. The summed E-state index contributed by atoms with van der Waals surface area (Å²) in [5.74, 6) is -0.941. The fourth-order valence-corrected chi connectivity index (χ4v) is 2.70. The van der Waals surface area contributed by atoms with Crippen LogP contribution in [0.25, 0.3) is 0 Å². The van der Waals surface area contributed by atoms with Crippen LogP contribution in [0.4, 0.5) is 10.8 Å². The van der Waals surface area contributed by atoms with E-state index in [0.717, 1.165) is 21.4 Å². The van der Waals surface area contributed by atoms with Crippen molar-refractivity contribution in [3.63, 3.8) is 0 Å². The third kappa shape index (κ3) is 2.70. The molecule has 0 amide bonds. The minimum absolute atomic E-state index is 0.249. The SMILES string of the molecule is Cc1nc(Nc2ccc(C(=O)O)cc2Br)sc1C. The topological polar surface area (TPSA) is 62.2 Å². The lowest BCUT2D eigenvalue weighted by Gasteiger charge is -2.06. The highest BCUT2D eigenvalue weighted by atomic mass is 79.9. The summed E-state index contributed by atoms with van der Waals surface area (Å²) in [4.78, 5) is 16.4. The molecule has 0 fully saturated rings. The Balaban J connectivity index is 2.27. The van der Waals surface area contributed by atoms with Crippen LogP contribution >= 0.6 is 27.3 Å². The first-order valence-corrected chi connectivity index (χ1v) is 6.82. The molecule has 0 aliphatic rings. The molecule has 0 radical (unpaired) electrons. The van der Waals surface area contributed by atoms with Crippen LogP contribution in [-0.4, -0.2) is 16.1 Å². The van der Waals surface area contributed by atoms with E-state index in [1.807, 2.05) is 13.8 Å². The maximum absolute atomic E-state index is 10.8. The highest BCUT2D eigenvalue weighted by molar-refractivity contribution is 9.10. The molecule has 0 saturated carbocycles. The molecule has 0 atom stereocenters. The molecule has 0 aliphatic carbocycles. The summed E-state index contributed by atoms with van der Waals surface area (Å²) in [6.07, 6.45) is 0. The van der Waals surface area contributed by atoms with Crippen LogP contribution in [-0.2, 0) is 0 Å². The number of carbonyl (C=O) groups is 1. The molecule has 94 valence electrons. The van der Waals surface area contributed by atoms with Gasteiger partial charge in [0.2, 0.25) is 0 Å². The average Bonchev–Trinajstić information content (AvgIpc) is 2.61. The maximum Gasteiger partial charge on any atom is 0.335 e. The Kier molecular flexibility index (Phi) is 3.68. The first-order chi connectivity index (χ1) is 8.47. The summed E-state index contributed by atoms with van der Waals surface area (Å²) in [5.41, 5.74) is 2.05. The summed E-state index contributed by atoms with van der Waals surface area (Å²) in [6.45, 7) is 3.97. The van der Waals surface area contributed by atoms with E-state index >= 15 is 0 Å². The molecule has 1 aromatic carbocycles. The lowest BCUT2D eigenvalue weighted by molar-refractivity contribution is 0.0697. The van der Waals surface area contributed by atoms with E-state index in [9.17, 15) is 4.79 Å². The van der Waals surface area contributed by atoms with Gasteiger partial charge in [0.05, 0.1) is 16.9 Å². The molecule has 0 bridgehead atoms. The minimum atomic E-state index is -0.941. The number of carboxylic acid groups (broad SMARTS) is 1. The number of aromatic nitrogens is 1. The van der Waals surface area contributed by atoms with Crippen LogP contribution in [0.5, 0.6) is 0 Å². The highest BCUT2D eigenvalue weighted by Gasteiger charge is 2.09. The molecule has 1 heterocycles. The van der Waals surface area contributed by atoms with E-state index in [1.165, 1.54) is 0 Å². The second-order valence-corrected chi connectivity index (χ2v) is 5.84. The van der Waals surface area contributed by atoms with Crippen molar-refractivity contribution in [2.24, 2.45) is 0 Å². The fraction of sp³-hybridized carbons (Fsp3) is 0.167. The van der Waals surface area contributed by atoms with Crippen molar-refractivity contribution >= 4 is 44.1 Å². The number of rotatable bonds is 3. The van der Waals surface area contributed by atoms with Gasteiger partial charge in [-0.3, -0.25) is 0 Å². The molecule has 0 saturated heterocycles. The summed E-state index contributed by atoms with van der Waals surface area (Å²) in [7, 11) is 0. The van der Waals surface area contributed by atoms with Crippen LogP contribution in [0.2, 0.25) is 0 Å². The molecule has 0 spiro atoms. The van der Waals surface area contributed by atoms with Gasteiger partial charge in [-0.05, 0) is 48.0 Å². The number of aromatic carboxylic acids is 1. The fourth-order valence-electron chi connectivity index (χ4n) is 1.39. The Bertz CT molecular complexity index is 591. The van der Waals surface area contributed by atoms with Gasteiger partial charge >= 0.3 is 5.97 Å². The van der Waals surface area contributed by atoms with E-state index in [4.69, 9.17) is 5.11 Å². The number of nitrogens with one attached hydrogen (secondary N) is 1. The zero-order chi connectivity index (χ0) is 13.3. The normalized spacial score (nSPS) is 10.4. The molecule has 2 rings (SSSR count). The van der Waals surface area contributed by atoms with Crippen LogP contribution in [0.15, 0.2) is 22.7 Å². The van der Waals surface area contributed by atoms with Crippen LogP contribution < -0.4 is 5.32 Å². The molecule has 6 heteroatoms. The van der Waals surface area contributed by atoms with Gasteiger partial charge in [-0.1, -0.05) is 0 Å². The standard InChI is InChI=1S/C12H11BrN2O2S/c1-6-7(2)18-12(14-6)15-10-4-3-8(11(16)17)5-9(10)13/h3-5H,1-2H3,(H,14,15)(H,16,17). The Labute approximate surface area is 117 Å². The van der Waals surface area contributed by atoms with Crippen LogP contribution in [0.3, 0.4) is 0 Å². The van der Waals surface area contributed by atoms with Gasteiger partial charge in [-0.25, -0.2) is 9.78 Å². The third-order valence-corrected chi connectivity index (χ3v) is 4.13. The molecule has 0 aliphatic heterocycles. The van der Waals surface area contributed by atoms with E-state index in [-0.39, 0.29) is 5.56 Å². The smallest absolute Gasteiger partial charge is 0.335 e. The van der Waals surface area contributed by atoms with E-state index < -0.39 is 5.97 Å². The number of nitrogens with zero attached hydrogens (tertiary/aromatic N) is 1. The van der Waals surface area contributed by atoms with E-state index in [2.05, 4.69) is 26.2 Å². The number of anilines is 2. The molecular formula is C12H11BrN2O2S. The molecule has 0 unspecified atom stereocenters. The molecule has 1 aromatic heterocycles. The van der Waals surface area contributed by atoms with E-state index in [1.54, 1.807) is 29.5 Å². The number of hydrogen-bond acceptors (Lipinski definition) is 4. The van der Waals surface area contributed by atoms with Crippen molar-refractivity contribution in [1.82, 2.24) is 4.98 Å². The van der Waals surface area contributed by atoms with Gasteiger partial charge in [-0.2, -0.15) is 0 Å². The Hall–Kier alpha value is -1.40. The van der Waals surface area contributed by atoms with Gasteiger partial charge in [-0.15, -0.1) is 11.3 Å². The lowest BCUT2D eigenvalue weighted by Crippen LogP contribution is -1.97.